The molecule has 1 atom stereocenters. The third kappa shape index (κ3) is 3.52. The van der Waals surface area contributed by atoms with E-state index in [2.05, 4.69) is 0 Å². The van der Waals surface area contributed by atoms with Crippen LogP contribution in [-0.2, 0) is 14.8 Å². The first kappa shape index (κ1) is 17.4. The maximum Gasteiger partial charge on any atom is 0.415 e. The molecule has 1 rings (SSSR count). The van der Waals surface area contributed by atoms with Gasteiger partial charge in [-0.2, -0.15) is 13.2 Å². The van der Waals surface area contributed by atoms with Gasteiger partial charge in [0.1, 0.15) is 4.90 Å². The van der Waals surface area contributed by atoms with E-state index in [1.165, 1.54) is 12.1 Å². The third-order valence-corrected chi connectivity index (χ3v) is 4.23. The van der Waals surface area contributed by atoms with E-state index < -0.39 is 27.6 Å². The highest BCUT2D eigenvalue weighted by Crippen LogP contribution is 2.30. The second-order valence-corrected chi connectivity index (χ2v) is 6.21. The lowest BCUT2D eigenvalue weighted by Crippen LogP contribution is -2.59. The van der Waals surface area contributed by atoms with Crippen molar-refractivity contribution >= 4 is 21.6 Å². The second kappa shape index (κ2) is 5.62. The second-order valence-electron chi connectivity index (χ2n) is 4.36. The maximum atomic E-state index is 12.7. The number of hydrogen-bond acceptors (Lipinski definition) is 4. The summed E-state index contributed by atoms with van der Waals surface area (Å²) >= 11 is 0. The van der Waals surface area contributed by atoms with Crippen LogP contribution in [0.25, 0.3) is 0 Å². The van der Waals surface area contributed by atoms with E-state index >= 15 is 0 Å². The van der Waals surface area contributed by atoms with E-state index in [0.717, 1.165) is 19.2 Å². The van der Waals surface area contributed by atoms with Crippen molar-refractivity contribution in [3.05, 3.63) is 24.3 Å². The van der Waals surface area contributed by atoms with Gasteiger partial charge in [-0.25, -0.2) is 13.1 Å². The summed E-state index contributed by atoms with van der Waals surface area (Å²) < 4.78 is 63.5. The predicted octanol–water partition coefficient (Wildman–Crippen LogP) is 0.813. The van der Waals surface area contributed by atoms with E-state index in [-0.39, 0.29) is 10.6 Å². The zero-order valence-corrected chi connectivity index (χ0v) is 12.0. The molecular formula is C11H14F3N3O3S. The molecule has 10 heteroatoms. The Morgan fingerprint density at radius 3 is 2.24 bits per heavy atom. The standard InChI is InChI=1S/C11H14F3N3O3S/c1-10(15,11(12,13)14)9(18)17-7-5-3-4-6-8(7)21(19,20)16-2/h3-6,16H,15H2,1-2H3,(H,17,18). The Hall–Kier alpha value is -1.65. The van der Waals surface area contributed by atoms with Gasteiger partial charge in [0.05, 0.1) is 5.69 Å². The van der Waals surface area contributed by atoms with Crippen LogP contribution in [0.1, 0.15) is 6.92 Å². The monoisotopic (exact) mass is 325 g/mol. The summed E-state index contributed by atoms with van der Waals surface area (Å²) in [7, 11) is -2.81. The Morgan fingerprint density at radius 2 is 1.76 bits per heavy atom. The third-order valence-electron chi connectivity index (χ3n) is 2.75. The molecule has 0 spiro atoms. The maximum absolute atomic E-state index is 12.7. The molecule has 6 nitrogen and oxygen atoms in total. The number of halogens is 3. The summed E-state index contributed by atoms with van der Waals surface area (Å²) in [5.74, 6) is -1.56. The summed E-state index contributed by atoms with van der Waals surface area (Å²) in [5.41, 5.74) is 1.53. The highest BCUT2D eigenvalue weighted by atomic mass is 32.2. The zero-order valence-electron chi connectivity index (χ0n) is 11.2. The van der Waals surface area contributed by atoms with E-state index in [1.807, 2.05) is 10.0 Å². The smallest absolute Gasteiger partial charge is 0.323 e. The first-order valence-corrected chi connectivity index (χ1v) is 7.11. The van der Waals surface area contributed by atoms with E-state index in [4.69, 9.17) is 5.73 Å². The molecular weight excluding hydrogens is 311 g/mol. The van der Waals surface area contributed by atoms with Crippen LogP contribution in [0.4, 0.5) is 18.9 Å². The number of amides is 1. The van der Waals surface area contributed by atoms with Crippen molar-refractivity contribution in [1.29, 1.82) is 0 Å². The van der Waals surface area contributed by atoms with Crippen LogP contribution in [0, 0.1) is 0 Å². The molecule has 0 radical (unpaired) electrons. The lowest BCUT2D eigenvalue weighted by Gasteiger charge is -2.26. The van der Waals surface area contributed by atoms with Crippen LogP contribution in [0.15, 0.2) is 29.2 Å². The van der Waals surface area contributed by atoms with Crippen molar-refractivity contribution in [2.75, 3.05) is 12.4 Å². The number of alkyl halides is 3. The van der Waals surface area contributed by atoms with Gasteiger partial charge in [0, 0.05) is 0 Å². The van der Waals surface area contributed by atoms with Crippen LogP contribution in [-0.4, -0.2) is 33.1 Å². The van der Waals surface area contributed by atoms with Crippen molar-refractivity contribution in [2.24, 2.45) is 5.73 Å². The minimum atomic E-state index is -4.98. The quantitative estimate of drug-likeness (QED) is 0.762. The van der Waals surface area contributed by atoms with Gasteiger partial charge in [-0.05, 0) is 26.1 Å². The minimum absolute atomic E-state index is 0.294. The number of hydrogen-bond donors (Lipinski definition) is 3. The normalized spacial score (nSPS) is 15.3. The van der Waals surface area contributed by atoms with Gasteiger partial charge in [0.2, 0.25) is 10.0 Å². The molecule has 1 amide bonds. The fourth-order valence-electron chi connectivity index (χ4n) is 1.30. The van der Waals surface area contributed by atoms with Crippen molar-refractivity contribution in [3.63, 3.8) is 0 Å². The Bertz CT molecular complexity index is 642. The molecule has 118 valence electrons. The number of carbonyl (C=O) groups excluding carboxylic acids is 1. The van der Waals surface area contributed by atoms with Crippen molar-refractivity contribution in [3.8, 4) is 0 Å². The van der Waals surface area contributed by atoms with Crippen molar-refractivity contribution < 1.29 is 26.4 Å². The number of nitrogens with two attached hydrogens (primary N) is 1. The molecule has 4 N–H and O–H groups in total. The predicted molar refractivity (Wildman–Crippen MR) is 70.0 cm³/mol. The number of benzene rings is 1. The topological polar surface area (TPSA) is 101 Å². The molecule has 0 heterocycles. The van der Waals surface area contributed by atoms with Gasteiger partial charge in [0.25, 0.3) is 5.91 Å². The van der Waals surface area contributed by atoms with Crippen molar-refractivity contribution in [1.82, 2.24) is 4.72 Å². The number of para-hydroxylation sites is 1. The zero-order chi connectivity index (χ0) is 16.5. The van der Waals surface area contributed by atoms with Gasteiger partial charge >= 0.3 is 6.18 Å². The summed E-state index contributed by atoms with van der Waals surface area (Å²) in [5, 5.41) is 1.89. The summed E-state index contributed by atoms with van der Waals surface area (Å²) in [6.45, 7) is 0.498. The number of nitrogens with one attached hydrogen (secondary N) is 2. The molecule has 0 aliphatic rings. The van der Waals surface area contributed by atoms with Crippen LogP contribution < -0.4 is 15.8 Å². The Morgan fingerprint density at radius 1 is 1.24 bits per heavy atom. The molecule has 0 fully saturated rings. The molecule has 1 aromatic rings. The molecule has 0 aliphatic carbocycles. The first-order valence-electron chi connectivity index (χ1n) is 5.63. The van der Waals surface area contributed by atoms with Crippen LogP contribution in [0.3, 0.4) is 0 Å². The average molecular weight is 325 g/mol. The van der Waals surface area contributed by atoms with E-state index in [1.54, 1.807) is 0 Å². The number of carbonyl (C=O) groups is 1. The van der Waals surface area contributed by atoms with Gasteiger partial charge < -0.3 is 11.1 Å². The Kier molecular flexibility index (Phi) is 4.66. The molecule has 0 saturated heterocycles. The fourth-order valence-corrected chi connectivity index (χ4v) is 2.18. The summed E-state index contributed by atoms with van der Waals surface area (Å²) in [6.07, 6.45) is -4.98. The molecule has 21 heavy (non-hydrogen) atoms. The Balaban J connectivity index is 3.20. The van der Waals surface area contributed by atoms with Gasteiger partial charge in [-0.3, -0.25) is 4.79 Å². The molecule has 0 bridgehead atoms. The van der Waals surface area contributed by atoms with Crippen LogP contribution >= 0.6 is 0 Å². The van der Waals surface area contributed by atoms with E-state index in [9.17, 15) is 26.4 Å². The summed E-state index contributed by atoms with van der Waals surface area (Å²) in [4.78, 5) is 11.3. The molecule has 0 aromatic heterocycles. The van der Waals surface area contributed by atoms with Gasteiger partial charge in [-0.15, -0.1) is 0 Å². The van der Waals surface area contributed by atoms with Crippen LogP contribution in [0.2, 0.25) is 0 Å². The largest absolute Gasteiger partial charge is 0.415 e. The molecule has 1 unspecified atom stereocenters. The molecule has 0 saturated carbocycles. The molecule has 1 aromatic carbocycles. The van der Waals surface area contributed by atoms with E-state index in [0.29, 0.717) is 6.92 Å². The minimum Gasteiger partial charge on any atom is -0.323 e. The highest BCUT2D eigenvalue weighted by molar-refractivity contribution is 7.89. The first-order chi connectivity index (χ1) is 9.43. The number of anilines is 1. The Labute approximate surface area is 119 Å². The SMILES string of the molecule is CNS(=O)(=O)c1ccccc1NC(=O)C(C)(N)C(F)(F)F. The molecule has 0 aliphatic heterocycles. The highest BCUT2D eigenvalue weighted by Gasteiger charge is 2.54. The lowest BCUT2D eigenvalue weighted by molar-refractivity contribution is -0.184. The van der Waals surface area contributed by atoms with Gasteiger partial charge in [0.15, 0.2) is 5.54 Å². The van der Waals surface area contributed by atoms with Crippen molar-refractivity contribution in [2.45, 2.75) is 23.5 Å². The average Bonchev–Trinajstić information content (AvgIpc) is 2.37. The van der Waals surface area contributed by atoms with Crippen LogP contribution in [0.5, 0.6) is 0 Å². The summed E-state index contributed by atoms with van der Waals surface area (Å²) in [6, 6.07) is 5.04. The van der Waals surface area contributed by atoms with Gasteiger partial charge in [-0.1, -0.05) is 12.1 Å². The fraction of sp³-hybridized carbons (Fsp3) is 0.364. The number of rotatable bonds is 4. The number of sulfonamides is 1. The lowest BCUT2D eigenvalue weighted by atomic mass is 10.0.